The molecular formula is C20H10Cl2F6N2O2. The van der Waals surface area contributed by atoms with Crippen LogP contribution < -0.4 is 0 Å². The van der Waals surface area contributed by atoms with Crippen LogP contribution in [0.5, 0.6) is 0 Å². The van der Waals surface area contributed by atoms with E-state index in [2.05, 4.69) is 5.10 Å². The molecule has 0 aliphatic rings. The number of nitrogens with zero attached hydrogens (tertiary/aromatic N) is 2. The van der Waals surface area contributed by atoms with Crippen molar-refractivity contribution in [3.05, 3.63) is 75.4 Å². The van der Waals surface area contributed by atoms with E-state index >= 15 is 0 Å². The van der Waals surface area contributed by atoms with Crippen LogP contribution in [0.3, 0.4) is 0 Å². The van der Waals surface area contributed by atoms with E-state index in [-0.39, 0.29) is 27.4 Å². The molecule has 2 aromatic carbocycles. The minimum Gasteiger partial charge on any atom is -0.478 e. The van der Waals surface area contributed by atoms with Crippen LogP contribution >= 0.6 is 23.2 Å². The van der Waals surface area contributed by atoms with Crippen molar-refractivity contribution in [1.29, 1.82) is 0 Å². The lowest BCUT2D eigenvalue weighted by Gasteiger charge is -2.14. The van der Waals surface area contributed by atoms with Crippen molar-refractivity contribution >= 4 is 35.2 Å². The Labute approximate surface area is 186 Å². The molecule has 3 rings (SSSR count). The Morgan fingerprint density at radius 2 is 1.53 bits per heavy atom. The van der Waals surface area contributed by atoms with Crippen molar-refractivity contribution in [2.75, 3.05) is 0 Å². The highest BCUT2D eigenvalue weighted by Gasteiger charge is 2.37. The van der Waals surface area contributed by atoms with E-state index in [1.807, 2.05) is 0 Å². The Hall–Kier alpha value is -2.98. The number of carboxylic acid groups (broad SMARTS) is 1. The second kappa shape index (κ2) is 8.51. The van der Waals surface area contributed by atoms with Gasteiger partial charge in [0.05, 0.1) is 26.9 Å². The molecule has 0 aliphatic carbocycles. The number of rotatable bonds is 4. The zero-order chi connectivity index (χ0) is 23.8. The van der Waals surface area contributed by atoms with Crippen molar-refractivity contribution in [3.8, 4) is 16.9 Å². The smallest absolute Gasteiger partial charge is 0.416 e. The SMILES string of the molecule is O=C(O)/C=C/c1cn(-c2cc(C(F)(F)F)cc(C(F)(F)F)c2)nc1-c1ccc(Cl)c(Cl)c1. The van der Waals surface area contributed by atoms with Gasteiger partial charge < -0.3 is 5.11 Å². The number of aliphatic carboxylic acids is 1. The molecule has 0 fully saturated rings. The fraction of sp³-hybridized carbons (Fsp3) is 0.100. The quantitative estimate of drug-likeness (QED) is 0.314. The first-order valence-electron chi connectivity index (χ1n) is 8.51. The number of hydrogen-bond donors (Lipinski definition) is 1. The van der Waals surface area contributed by atoms with Crippen molar-refractivity contribution < 1.29 is 36.2 Å². The van der Waals surface area contributed by atoms with Gasteiger partial charge in [-0.15, -0.1) is 0 Å². The van der Waals surface area contributed by atoms with Crippen molar-refractivity contribution in [3.63, 3.8) is 0 Å². The Bertz CT molecular complexity index is 1180. The van der Waals surface area contributed by atoms with Gasteiger partial charge in [-0.1, -0.05) is 29.3 Å². The van der Waals surface area contributed by atoms with Crippen LogP contribution in [0.2, 0.25) is 10.0 Å². The molecule has 4 nitrogen and oxygen atoms in total. The molecule has 0 spiro atoms. The van der Waals surface area contributed by atoms with Gasteiger partial charge in [0.15, 0.2) is 0 Å². The summed E-state index contributed by atoms with van der Waals surface area (Å²) in [7, 11) is 0. The maximum absolute atomic E-state index is 13.2. The zero-order valence-electron chi connectivity index (χ0n) is 15.5. The predicted octanol–water partition coefficient (Wildman–Crippen LogP) is 6.98. The van der Waals surface area contributed by atoms with Gasteiger partial charge in [-0.05, 0) is 36.4 Å². The van der Waals surface area contributed by atoms with Crippen molar-refractivity contribution in [1.82, 2.24) is 9.78 Å². The summed E-state index contributed by atoms with van der Waals surface area (Å²) in [5.74, 6) is -1.32. The fourth-order valence-corrected chi connectivity index (χ4v) is 3.04. The summed E-state index contributed by atoms with van der Waals surface area (Å²) in [6, 6.07) is 5.26. The Kier molecular flexibility index (Phi) is 6.30. The van der Waals surface area contributed by atoms with E-state index in [1.165, 1.54) is 18.2 Å². The van der Waals surface area contributed by atoms with E-state index in [9.17, 15) is 31.1 Å². The molecule has 32 heavy (non-hydrogen) atoms. The van der Waals surface area contributed by atoms with Gasteiger partial charge in [0.1, 0.15) is 5.69 Å². The molecule has 1 aromatic heterocycles. The van der Waals surface area contributed by atoms with Crippen LogP contribution in [0.25, 0.3) is 23.0 Å². The van der Waals surface area contributed by atoms with E-state index in [4.69, 9.17) is 28.3 Å². The third-order valence-electron chi connectivity index (χ3n) is 4.18. The molecule has 1 N–H and O–H groups in total. The Morgan fingerprint density at radius 1 is 0.938 bits per heavy atom. The van der Waals surface area contributed by atoms with Crippen LogP contribution in [0.4, 0.5) is 26.3 Å². The van der Waals surface area contributed by atoms with Crippen LogP contribution in [-0.2, 0) is 17.1 Å². The molecule has 1 heterocycles. The van der Waals surface area contributed by atoms with Crippen molar-refractivity contribution in [2.45, 2.75) is 12.4 Å². The summed E-state index contributed by atoms with van der Waals surface area (Å²) < 4.78 is 80.0. The fourth-order valence-electron chi connectivity index (χ4n) is 2.74. The van der Waals surface area contributed by atoms with E-state index in [1.54, 1.807) is 0 Å². The number of aromatic nitrogens is 2. The van der Waals surface area contributed by atoms with Gasteiger partial charge in [-0.25, -0.2) is 9.48 Å². The molecule has 0 atom stereocenters. The van der Waals surface area contributed by atoms with Gasteiger partial charge in [0.25, 0.3) is 0 Å². The first kappa shape index (κ1) is 23.7. The van der Waals surface area contributed by atoms with Gasteiger partial charge in [0.2, 0.25) is 0 Å². The molecule has 0 saturated heterocycles. The standard InChI is InChI=1S/C20H10Cl2F6N2O2/c21-15-3-1-10(5-16(15)22)18-11(2-4-17(31)32)9-30(29-18)14-7-12(19(23,24)25)6-13(8-14)20(26,27)28/h1-9H,(H,31,32)/b4-2+. The molecule has 0 bridgehead atoms. The van der Waals surface area contributed by atoms with Gasteiger partial charge >= 0.3 is 18.3 Å². The highest BCUT2D eigenvalue weighted by molar-refractivity contribution is 6.42. The number of hydrogen-bond acceptors (Lipinski definition) is 2. The molecule has 0 amide bonds. The van der Waals surface area contributed by atoms with E-state index in [0.717, 1.165) is 23.0 Å². The molecule has 12 heteroatoms. The average molecular weight is 495 g/mol. The largest absolute Gasteiger partial charge is 0.478 e. The molecule has 3 aromatic rings. The van der Waals surface area contributed by atoms with Crippen molar-refractivity contribution in [2.24, 2.45) is 0 Å². The Balaban J connectivity index is 2.24. The number of halogens is 8. The molecule has 0 radical (unpaired) electrons. The maximum Gasteiger partial charge on any atom is 0.416 e. The molecule has 0 aliphatic heterocycles. The zero-order valence-corrected chi connectivity index (χ0v) is 17.0. The normalized spacial score (nSPS) is 12.5. The lowest BCUT2D eigenvalue weighted by atomic mass is 10.1. The summed E-state index contributed by atoms with van der Waals surface area (Å²) in [4.78, 5) is 10.9. The number of alkyl halides is 6. The minimum atomic E-state index is -5.04. The molecule has 0 saturated carbocycles. The van der Waals surface area contributed by atoms with Gasteiger partial charge in [0, 0.05) is 23.4 Å². The summed E-state index contributed by atoms with van der Waals surface area (Å²) in [5, 5.41) is 13.3. The average Bonchev–Trinajstić information content (AvgIpc) is 3.11. The summed E-state index contributed by atoms with van der Waals surface area (Å²) in [5.41, 5.74) is -3.08. The molecular weight excluding hydrogens is 485 g/mol. The topological polar surface area (TPSA) is 55.1 Å². The van der Waals surface area contributed by atoms with E-state index in [0.29, 0.717) is 17.7 Å². The van der Waals surface area contributed by atoms with Crippen LogP contribution in [0, 0.1) is 0 Å². The summed E-state index contributed by atoms with van der Waals surface area (Å²) in [6.07, 6.45) is -7.13. The van der Waals surface area contributed by atoms with Gasteiger partial charge in [-0.2, -0.15) is 31.4 Å². The summed E-state index contributed by atoms with van der Waals surface area (Å²) in [6.45, 7) is 0. The van der Waals surface area contributed by atoms with Crippen LogP contribution in [0.1, 0.15) is 16.7 Å². The first-order valence-corrected chi connectivity index (χ1v) is 9.27. The monoisotopic (exact) mass is 494 g/mol. The second-order valence-corrected chi connectivity index (χ2v) is 7.26. The van der Waals surface area contributed by atoms with E-state index < -0.39 is 35.1 Å². The molecule has 0 unspecified atom stereocenters. The third kappa shape index (κ3) is 5.25. The maximum atomic E-state index is 13.2. The number of carbonyl (C=O) groups is 1. The van der Waals surface area contributed by atoms with Gasteiger partial charge in [-0.3, -0.25) is 0 Å². The summed E-state index contributed by atoms with van der Waals surface area (Å²) >= 11 is 11.9. The lowest BCUT2D eigenvalue weighted by Crippen LogP contribution is -2.12. The highest BCUT2D eigenvalue weighted by atomic mass is 35.5. The first-order chi connectivity index (χ1) is 14.8. The number of carboxylic acids is 1. The lowest BCUT2D eigenvalue weighted by molar-refractivity contribution is -0.143. The minimum absolute atomic E-state index is 0.00186. The predicted molar refractivity (Wildman–Crippen MR) is 106 cm³/mol. The van der Waals surface area contributed by atoms with Crippen LogP contribution in [0.15, 0.2) is 48.7 Å². The van der Waals surface area contributed by atoms with Crippen LogP contribution in [-0.4, -0.2) is 20.9 Å². The number of benzene rings is 2. The molecule has 168 valence electrons. The third-order valence-corrected chi connectivity index (χ3v) is 4.92. The highest BCUT2D eigenvalue weighted by Crippen LogP contribution is 2.38. The Morgan fingerprint density at radius 3 is 2.03 bits per heavy atom. The second-order valence-electron chi connectivity index (χ2n) is 6.44.